The summed E-state index contributed by atoms with van der Waals surface area (Å²) in [5.41, 5.74) is 1.40. The Morgan fingerprint density at radius 2 is 1.54 bits per heavy atom. The van der Waals surface area contributed by atoms with E-state index in [4.69, 9.17) is 0 Å². The number of hydrogen-bond acceptors (Lipinski definition) is 3. The Morgan fingerprint density at radius 1 is 1.00 bits per heavy atom. The molecule has 0 radical (unpaired) electrons. The molecule has 2 N–H and O–H groups in total. The molecule has 24 heavy (non-hydrogen) atoms. The third kappa shape index (κ3) is 5.49. The van der Waals surface area contributed by atoms with E-state index in [1.165, 1.54) is 37.7 Å². The van der Waals surface area contributed by atoms with Gasteiger partial charge in [-0.3, -0.25) is 4.90 Å². The number of hydrogen-bond donors (Lipinski definition) is 2. The smallest absolute Gasteiger partial charge is 0.142 e. The Morgan fingerprint density at radius 3 is 2.08 bits per heavy atom. The van der Waals surface area contributed by atoms with E-state index < -0.39 is 0 Å². The normalized spacial score (nSPS) is 20.8. The van der Waals surface area contributed by atoms with E-state index in [-0.39, 0.29) is 24.8 Å². The van der Waals surface area contributed by atoms with Gasteiger partial charge in [0.15, 0.2) is 0 Å². The highest BCUT2D eigenvalue weighted by molar-refractivity contribution is 14.1. The summed E-state index contributed by atoms with van der Waals surface area (Å²) >= 11 is 4.53. The molecular formula is C17H26Cl2I2N2O. The van der Waals surface area contributed by atoms with Gasteiger partial charge in [-0.15, -0.1) is 24.8 Å². The van der Waals surface area contributed by atoms with Crippen LogP contribution in [-0.4, -0.2) is 36.2 Å². The van der Waals surface area contributed by atoms with Crippen LogP contribution in [0.15, 0.2) is 12.1 Å². The minimum atomic E-state index is 0. The van der Waals surface area contributed by atoms with Crippen molar-refractivity contribution in [1.29, 1.82) is 0 Å². The van der Waals surface area contributed by atoms with Gasteiger partial charge in [-0.1, -0.05) is 19.3 Å². The molecule has 0 amide bonds. The van der Waals surface area contributed by atoms with Crippen molar-refractivity contribution in [3.05, 3.63) is 24.8 Å². The van der Waals surface area contributed by atoms with Crippen LogP contribution in [0.2, 0.25) is 0 Å². The zero-order chi connectivity index (χ0) is 15.5. The highest BCUT2D eigenvalue weighted by atomic mass is 127. The molecule has 0 unspecified atom stereocenters. The first-order valence-corrected chi connectivity index (χ1v) is 10.5. The van der Waals surface area contributed by atoms with Crippen LogP contribution in [0.25, 0.3) is 0 Å². The lowest BCUT2D eigenvalue weighted by Crippen LogP contribution is -2.47. The molecule has 3 rings (SSSR count). The first-order valence-electron chi connectivity index (χ1n) is 8.29. The summed E-state index contributed by atoms with van der Waals surface area (Å²) in [4.78, 5) is 2.67. The second-order valence-corrected chi connectivity index (χ2v) is 8.79. The highest BCUT2D eigenvalue weighted by Crippen LogP contribution is 2.40. The van der Waals surface area contributed by atoms with Crippen molar-refractivity contribution in [3.8, 4) is 5.75 Å². The van der Waals surface area contributed by atoms with Crippen molar-refractivity contribution >= 4 is 70.0 Å². The number of phenolic OH excluding ortho intramolecular Hbond substituents is 1. The SMILES string of the molecule is Cl.Cl.Oc1c(I)cc([C@H](C2CCCCC2)N2CCNCC2)cc1I. The van der Waals surface area contributed by atoms with Gasteiger partial charge in [0.25, 0.3) is 0 Å². The van der Waals surface area contributed by atoms with Crippen LogP contribution in [-0.2, 0) is 0 Å². The maximum absolute atomic E-state index is 10.1. The molecule has 0 aromatic heterocycles. The second-order valence-electron chi connectivity index (χ2n) is 6.46. The molecule has 1 saturated heterocycles. The number of phenols is 1. The maximum atomic E-state index is 10.1. The number of nitrogens with zero attached hydrogens (tertiary/aromatic N) is 1. The summed E-state index contributed by atoms with van der Waals surface area (Å²) in [6.45, 7) is 4.45. The van der Waals surface area contributed by atoms with Gasteiger partial charge in [0.2, 0.25) is 0 Å². The molecule has 1 saturated carbocycles. The van der Waals surface area contributed by atoms with Crippen LogP contribution in [0.4, 0.5) is 0 Å². The molecule has 1 atom stereocenters. The minimum Gasteiger partial charge on any atom is -0.506 e. The average molecular weight is 599 g/mol. The number of aromatic hydroxyl groups is 1. The van der Waals surface area contributed by atoms with Crippen LogP contribution in [0.5, 0.6) is 5.75 Å². The maximum Gasteiger partial charge on any atom is 0.142 e. The zero-order valence-corrected chi connectivity index (χ0v) is 19.6. The Bertz CT molecular complexity index is 480. The van der Waals surface area contributed by atoms with Crippen molar-refractivity contribution in [2.45, 2.75) is 38.1 Å². The van der Waals surface area contributed by atoms with Gasteiger partial charge in [-0.2, -0.15) is 0 Å². The zero-order valence-electron chi connectivity index (χ0n) is 13.6. The second kappa shape index (κ2) is 11.0. The van der Waals surface area contributed by atoms with Gasteiger partial charge in [0, 0.05) is 32.2 Å². The van der Waals surface area contributed by atoms with Crippen LogP contribution < -0.4 is 5.32 Å². The van der Waals surface area contributed by atoms with E-state index in [1.807, 2.05) is 0 Å². The van der Waals surface area contributed by atoms with Crippen LogP contribution >= 0.6 is 70.0 Å². The summed E-state index contributed by atoms with van der Waals surface area (Å²) in [5, 5.41) is 13.6. The van der Waals surface area contributed by atoms with Gasteiger partial charge >= 0.3 is 0 Å². The minimum absolute atomic E-state index is 0. The lowest BCUT2D eigenvalue weighted by molar-refractivity contribution is 0.103. The Labute approximate surface area is 184 Å². The Balaban J connectivity index is 0.00000144. The highest BCUT2D eigenvalue weighted by Gasteiger charge is 2.31. The van der Waals surface area contributed by atoms with Gasteiger partial charge in [-0.05, 0) is 81.6 Å². The first kappa shape index (κ1) is 23.0. The van der Waals surface area contributed by atoms with Crippen LogP contribution in [0.1, 0.15) is 43.7 Å². The predicted molar refractivity (Wildman–Crippen MR) is 122 cm³/mol. The number of halogens is 4. The van der Waals surface area contributed by atoms with E-state index in [0.29, 0.717) is 11.8 Å². The molecule has 7 heteroatoms. The summed E-state index contributed by atoms with van der Waals surface area (Å²) in [6.07, 6.45) is 6.85. The van der Waals surface area contributed by atoms with E-state index in [1.54, 1.807) is 0 Å². The third-order valence-electron chi connectivity index (χ3n) is 5.02. The summed E-state index contributed by atoms with van der Waals surface area (Å²) < 4.78 is 1.96. The van der Waals surface area contributed by atoms with E-state index in [0.717, 1.165) is 39.2 Å². The summed E-state index contributed by atoms with van der Waals surface area (Å²) in [5.74, 6) is 1.20. The molecule has 2 fully saturated rings. The summed E-state index contributed by atoms with van der Waals surface area (Å²) in [6, 6.07) is 4.93. The molecule has 1 aromatic rings. The van der Waals surface area contributed by atoms with Crippen molar-refractivity contribution in [2.24, 2.45) is 5.92 Å². The molecular weight excluding hydrogens is 573 g/mol. The fourth-order valence-corrected chi connectivity index (χ4v) is 5.76. The number of nitrogens with one attached hydrogen (secondary N) is 1. The van der Waals surface area contributed by atoms with Gasteiger partial charge < -0.3 is 10.4 Å². The quantitative estimate of drug-likeness (QED) is 0.483. The predicted octanol–water partition coefficient (Wildman–Crippen LogP) is 4.97. The molecule has 1 aliphatic carbocycles. The fraction of sp³-hybridized carbons (Fsp3) is 0.647. The first-order chi connectivity index (χ1) is 10.7. The Kier molecular flexibility index (Phi) is 10.5. The molecule has 0 bridgehead atoms. The molecule has 0 spiro atoms. The molecule has 3 nitrogen and oxygen atoms in total. The number of benzene rings is 1. The lowest BCUT2D eigenvalue weighted by Gasteiger charge is -2.41. The van der Waals surface area contributed by atoms with Gasteiger partial charge in [0.1, 0.15) is 5.75 Å². The largest absolute Gasteiger partial charge is 0.506 e. The topological polar surface area (TPSA) is 35.5 Å². The van der Waals surface area contributed by atoms with Crippen molar-refractivity contribution < 1.29 is 5.11 Å². The summed E-state index contributed by atoms with van der Waals surface area (Å²) in [7, 11) is 0. The van der Waals surface area contributed by atoms with Crippen molar-refractivity contribution in [1.82, 2.24) is 10.2 Å². The van der Waals surface area contributed by atoms with Crippen molar-refractivity contribution in [3.63, 3.8) is 0 Å². The molecule has 1 aliphatic heterocycles. The molecule has 1 heterocycles. The molecule has 1 aromatic carbocycles. The lowest BCUT2D eigenvalue weighted by atomic mass is 9.80. The van der Waals surface area contributed by atoms with Crippen LogP contribution in [0, 0.1) is 13.1 Å². The van der Waals surface area contributed by atoms with Gasteiger partial charge in [-0.25, -0.2) is 0 Å². The molecule has 2 aliphatic rings. The Hall–Kier alpha value is 0.980. The van der Waals surface area contributed by atoms with E-state index in [9.17, 15) is 5.11 Å². The third-order valence-corrected chi connectivity index (χ3v) is 6.67. The van der Waals surface area contributed by atoms with E-state index in [2.05, 4.69) is 67.5 Å². The standard InChI is InChI=1S/C17H24I2N2O.2ClH/c18-14-10-13(11-15(19)17(14)22)16(12-4-2-1-3-5-12)21-8-6-20-7-9-21;;/h10-12,16,20,22H,1-9H2;2*1H/t16-;;/m0../s1. The fourth-order valence-electron chi connectivity index (χ4n) is 3.95. The van der Waals surface area contributed by atoms with Gasteiger partial charge in [0.05, 0.1) is 7.14 Å². The molecule has 138 valence electrons. The number of rotatable bonds is 3. The van der Waals surface area contributed by atoms with Crippen LogP contribution in [0.3, 0.4) is 0 Å². The van der Waals surface area contributed by atoms with E-state index >= 15 is 0 Å². The number of piperazine rings is 1. The average Bonchev–Trinajstić information content (AvgIpc) is 2.55. The van der Waals surface area contributed by atoms with Crippen molar-refractivity contribution in [2.75, 3.05) is 26.2 Å². The monoisotopic (exact) mass is 598 g/mol.